The van der Waals surface area contributed by atoms with Gasteiger partial charge in [0.05, 0.1) is 0 Å². The van der Waals surface area contributed by atoms with E-state index < -0.39 is 0 Å². The van der Waals surface area contributed by atoms with Crippen molar-refractivity contribution < 1.29 is 0 Å². The van der Waals surface area contributed by atoms with Crippen LogP contribution < -0.4 is 10.6 Å². The smallest absolute Gasteiger partial charge is 0.129 e. The maximum absolute atomic E-state index is 5.84. The summed E-state index contributed by atoms with van der Waals surface area (Å²) in [5.41, 5.74) is 8.22. The Balaban J connectivity index is 2.07. The number of aryl methyl sites for hydroxylation is 1. The number of aromatic nitrogens is 1. The van der Waals surface area contributed by atoms with Gasteiger partial charge >= 0.3 is 0 Å². The van der Waals surface area contributed by atoms with Gasteiger partial charge in [0.1, 0.15) is 5.82 Å². The van der Waals surface area contributed by atoms with Crippen LogP contribution in [0.15, 0.2) is 12.1 Å². The third-order valence-corrected chi connectivity index (χ3v) is 4.52. The van der Waals surface area contributed by atoms with Crippen LogP contribution in [0.2, 0.25) is 0 Å². The summed E-state index contributed by atoms with van der Waals surface area (Å²) in [6.45, 7) is 11.8. The molecule has 0 amide bonds. The highest BCUT2D eigenvalue weighted by Crippen LogP contribution is 2.19. The Bertz CT molecular complexity index is 438. The fraction of sp³-hybridized carbons (Fsp3) is 0.706. The summed E-state index contributed by atoms with van der Waals surface area (Å²) in [7, 11) is 0. The zero-order valence-electron chi connectivity index (χ0n) is 13.8. The summed E-state index contributed by atoms with van der Waals surface area (Å²) in [5, 5.41) is 0. The van der Waals surface area contributed by atoms with E-state index >= 15 is 0 Å². The second-order valence-electron chi connectivity index (χ2n) is 6.06. The maximum Gasteiger partial charge on any atom is 0.129 e. The summed E-state index contributed by atoms with van der Waals surface area (Å²) < 4.78 is 0. The summed E-state index contributed by atoms with van der Waals surface area (Å²) in [6.07, 6.45) is 3.39. The van der Waals surface area contributed by atoms with E-state index in [4.69, 9.17) is 10.7 Å². The van der Waals surface area contributed by atoms with Gasteiger partial charge in [-0.3, -0.25) is 4.90 Å². The lowest BCUT2D eigenvalue weighted by molar-refractivity contribution is 0.192. The minimum absolute atomic E-state index is 0.596. The highest BCUT2D eigenvalue weighted by Gasteiger charge is 2.21. The Kier molecular flexibility index (Phi) is 6.00. The van der Waals surface area contributed by atoms with Gasteiger partial charge in [-0.15, -0.1) is 0 Å². The molecule has 2 heterocycles. The van der Waals surface area contributed by atoms with Gasteiger partial charge in [-0.1, -0.05) is 20.3 Å². The lowest BCUT2D eigenvalue weighted by atomic mass is 10.1. The van der Waals surface area contributed by atoms with E-state index in [1.165, 1.54) is 17.7 Å². The topological polar surface area (TPSA) is 45.4 Å². The fourth-order valence-electron chi connectivity index (χ4n) is 2.95. The third-order valence-electron chi connectivity index (χ3n) is 4.52. The van der Waals surface area contributed by atoms with E-state index in [0.29, 0.717) is 12.6 Å². The predicted molar refractivity (Wildman–Crippen MR) is 89.7 cm³/mol. The van der Waals surface area contributed by atoms with Gasteiger partial charge in [0.2, 0.25) is 0 Å². The van der Waals surface area contributed by atoms with Crippen LogP contribution in [-0.2, 0) is 13.0 Å². The van der Waals surface area contributed by atoms with Gasteiger partial charge in [0, 0.05) is 44.5 Å². The number of hydrogen-bond acceptors (Lipinski definition) is 4. The monoisotopic (exact) mass is 290 g/mol. The van der Waals surface area contributed by atoms with E-state index in [2.05, 4.69) is 42.7 Å². The van der Waals surface area contributed by atoms with Gasteiger partial charge in [-0.2, -0.15) is 0 Å². The third kappa shape index (κ3) is 4.17. The Labute approximate surface area is 129 Å². The highest BCUT2D eigenvalue weighted by molar-refractivity contribution is 5.43. The first kappa shape index (κ1) is 16.2. The van der Waals surface area contributed by atoms with Crippen molar-refractivity contribution in [2.75, 3.05) is 31.1 Å². The first-order valence-electron chi connectivity index (χ1n) is 8.36. The number of hydrogen-bond donors (Lipinski definition) is 1. The van der Waals surface area contributed by atoms with Gasteiger partial charge in [0.15, 0.2) is 0 Å². The SMILES string of the molecule is CCCc1cc(CN)cc(N2CCN(C(C)CC)CC2)n1. The number of anilines is 1. The quantitative estimate of drug-likeness (QED) is 0.874. The molecule has 1 unspecified atom stereocenters. The van der Waals surface area contributed by atoms with Crippen molar-refractivity contribution >= 4 is 5.82 Å². The molecule has 1 saturated heterocycles. The Morgan fingerprint density at radius 2 is 1.90 bits per heavy atom. The van der Waals surface area contributed by atoms with Crippen LogP contribution in [0.4, 0.5) is 5.82 Å². The predicted octanol–water partition coefficient (Wildman–Crippen LogP) is 2.41. The number of nitrogens with zero attached hydrogens (tertiary/aromatic N) is 3. The number of nitrogens with two attached hydrogens (primary N) is 1. The molecule has 0 saturated carbocycles. The molecule has 0 aliphatic carbocycles. The fourth-order valence-corrected chi connectivity index (χ4v) is 2.95. The van der Waals surface area contributed by atoms with Gasteiger partial charge in [-0.05, 0) is 37.5 Å². The Hall–Kier alpha value is -1.13. The molecule has 1 aromatic heterocycles. The molecule has 2 rings (SSSR count). The molecule has 21 heavy (non-hydrogen) atoms. The highest BCUT2D eigenvalue weighted by atomic mass is 15.3. The largest absolute Gasteiger partial charge is 0.354 e. The molecule has 2 N–H and O–H groups in total. The number of piperazine rings is 1. The van der Waals surface area contributed by atoms with Gasteiger partial charge in [-0.25, -0.2) is 4.98 Å². The van der Waals surface area contributed by atoms with Crippen molar-refractivity contribution in [3.8, 4) is 0 Å². The van der Waals surface area contributed by atoms with Crippen LogP contribution in [0, 0.1) is 0 Å². The van der Waals surface area contributed by atoms with Crippen LogP contribution in [-0.4, -0.2) is 42.1 Å². The van der Waals surface area contributed by atoms with E-state index in [1.54, 1.807) is 0 Å². The molecule has 1 fully saturated rings. The van der Waals surface area contributed by atoms with Crippen molar-refractivity contribution in [2.45, 2.75) is 52.6 Å². The lowest BCUT2D eigenvalue weighted by Crippen LogP contribution is -2.49. The molecule has 0 bridgehead atoms. The lowest BCUT2D eigenvalue weighted by Gasteiger charge is -2.38. The molecule has 1 aliphatic rings. The van der Waals surface area contributed by atoms with E-state index in [1.807, 2.05) is 0 Å². The van der Waals surface area contributed by atoms with E-state index in [0.717, 1.165) is 44.8 Å². The van der Waals surface area contributed by atoms with Crippen molar-refractivity contribution in [1.82, 2.24) is 9.88 Å². The Morgan fingerprint density at radius 1 is 1.19 bits per heavy atom. The van der Waals surface area contributed by atoms with E-state index in [9.17, 15) is 0 Å². The molecule has 1 aromatic rings. The maximum atomic E-state index is 5.84. The van der Waals surface area contributed by atoms with E-state index in [-0.39, 0.29) is 0 Å². The number of pyridine rings is 1. The minimum atomic E-state index is 0.596. The second kappa shape index (κ2) is 7.76. The summed E-state index contributed by atoms with van der Waals surface area (Å²) in [4.78, 5) is 9.83. The molecule has 4 nitrogen and oxygen atoms in total. The average molecular weight is 290 g/mol. The standard InChI is InChI=1S/C17H30N4/c1-4-6-16-11-15(13-18)12-17(19-16)21-9-7-20(8-10-21)14(3)5-2/h11-12,14H,4-10,13,18H2,1-3H3. The van der Waals surface area contributed by atoms with Crippen LogP contribution in [0.25, 0.3) is 0 Å². The molecule has 1 atom stereocenters. The normalized spacial score (nSPS) is 18.0. The zero-order valence-corrected chi connectivity index (χ0v) is 13.8. The van der Waals surface area contributed by atoms with Gasteiger partial charge < -0.3 is 10.6 Å². The molecule has 4 heteroatoms. The summed E-state index contributed by atoms with van der Waals surface area (Å²) in [6, 6.07) is 5.01. The van der Waals surface area contributed by atoms with Crippen molar-refractivity contribution in [3.05, 3.63) is 23.4 Å². The van der Waals surface area contributed by atoms with Crippen molar-refractivity contribution in [3.63, 3.8) is 0 Å². The summed E-state index contributed by atoms with van der Waals surface area (Å²) in [5.74, 6) is 1.12. The first-order chi connectivity index (χ1) is 10.2. The molecule has 0 radical (unpaired) electrons. The molecule has 1 aliphatic heterocycles. The molecular formula is C17H30N4. The van der Waals surface area contributed by atoms with Crippen molar-refractivity contribution in [2.24, 2.45) is 5.73 Å². The summed E-state index contributed by atoms with van der Waals surface area (Å²) >= 11 is 0. The van der Waals surface area contributed by atoms with Crippen molar-refractivity contribution in [1.29, 1.82) is 0 Å². The zero-order chi connectivity index (χ0) is 15.2. The Morgan fingerprint density at radius 3 is 2.48 bits per heavy atom. The molecular weight excluding hydrogens is 260 g/mol. The first-order valence-corrected chi connectivity index (χ1v) is 8.36. The minimum Gasteiger partial charge on any atom is -0.354 e. The molecule has 0 spiro atoms. The molecule has 118 valence electrons. The van der Waals surface area contributed by atoms with Crippen LogP contribution in [0.3, 0.4) is 0 Å². The van der Waals surface area contributed by atoms with Crippen LogP contribution in [0.5, 0.6) is 0 Å². The van der Waals surface area contributed by atoms with Crippen LogP contribution in [0.1, 0.15) is 44.9 Å². The van der Waals surface area contributed by atoms with Gasteiger partial charge in [0.25, 0.3) is 0 Å². The second-order valence-corrected chi connectivity index (χ2v) is 6.06. The average Bonchev–Trinajstić information content (AvgIpc) is 2.54. The molecule has 0 aromatic carbocycles. The number of rotatable bonds is 6. The van der Waals surface area contributed by atoms with Crippen LogP contribution >= 0.6 is 0 Å².